The van der Waals surface area contributed by atoms with Gasteiger partial charge in [-0.2, -0.15) is 0 Å². The van der Waals surface area contributed by atoms with E-state index >= 15 is 0 Å². The van der Waals surface area contributed by atoms with Crippen LogP contribution in [0.25, 0.3) is 0 Å². The Labute approximate surface area is 201 Å². The summed E-state index contributed by atoms with van der Waals surface area (Å²) in [6, 6.07) is -0.913. The molecule has 1 aromatic rings. The van der Waals surface area contributed by atoms with Crippen LogP contribution in [0.3, 0.4) is 0 Å². The Balaban J connectivity index is 1.48. The Morgan fingerprint density at radius 1 is 1.39 bits per heavy atom. The number of fused-ring (bicyclic) bond motifs is 1. The molecule has 2 amide bonds. The lowest BCUT2D eigenvalue weighted by Gasteiger charge is -2.49. The van der Waals surface area contributed by atoms with Gasteiger partial charge < -0.3 is 24.7 Å². The quantitative estimate of drug-likeness (QED) is 0.215. The van der Waals surface area contributed by atoms with E-state index in [2.05, 4.69) is 20.7 Å². The predicted octanol–water partition coefficient (Wildman–Crippen LogP) is 0.443. The number of ether oxygens (including phenoxy) is 2. The standard InChI is InChI=1S/C18H21N5O7S3/c1-8-20-21-17(33-8)32-7-9-6-31-15-10(14(25)23(15)11(9)16(26)27)19-13(24)12(22-28-3)18(2)29-4-5-30-18/h10,15H,4-7H2,1-3H3,(H,19,24)(H,26,27)/t10?,15-/m1/s1. The number of thioether (sulfide) groups is 2. The molecule has 3 aliphatic heterocycles. The highest BCUT2D eigenvalue weighted by Crippen LogP contribution is 2.42. The molecule has 15 heteroatoms. The van der Waals surface area contributed by atoms with Crippen molar-refractivity contribution >= 4 is 58.4 Å². The van der Waals surface area contributed by atoms with Crippen LogP contribution >= 0.6 is 34.9 Å². The Hall–Kier alpha value is -2.20. The van der Waals surface area contributed by atoms with Crippen LogP contribution in [0, 0.1) is 6.92 Å². The van der Waals surface area contributed by atoms with Gasteiger partial charge in [-0.3, -0.25) is 14.5 Å². The van der Waals surface area contributed by atoms with Crippen LogP contribution in [0.5, 0.6) is 0 Å². The van der Waals surface area contributed by atoms with Crippen LogP contribution < -0.4 is 5.32 Å². The van der Waals surface area contributed by atoms with E-state index in [1.807, 2.05) is 6.92 Å². The van der Waals surface area contributed by atoms with Crippen molar-refractivity contribution in [3.05, 3.63) is 16.3 Å². The molecule has 0 aromatic carbocycles. The second kappa shape index (κ2) is 9.58. The van der Waals surface area contributed by atoms with Gasteiger partial charge in [0.15, 0.2) is 4.34 Å². The zero-order valence-electron chi connectivity index (χ0n) is 17.9. The zero-order chi connectivity index (χ0) is 23.8. The second-order valence-electron chi connectivity index (χ2n) is 7.26. The Bertz CT molecular complexity index is 1040. The topological polar surface area (TPSA) is 153 Å². The smallest absolute Gasteiger partial charge is 0.352 e. The molecular formula is C18H21N5O7S3. The van der Waals surface area contributed by atoms with Crippen LogP contribution in [0.15, 0.2) is 20.8 Å². The van der Waals surface area contributed by atoms with Gasteiger partial charge in [0.05, 0.1) is 13.2 Å². The lowest BCUT2D eigenvalue weighted by atomic mass is 10.0. The Kier molecular flexibility index (Phi) is 6.95. The summed E-state index contributed by atoms with van der Waals surface area (Å²) in [6.45, 7) is 3.94. The van der Waals surface area contributed by atoms with Crippen molar-refractivity contribution in [3.63, 3.8) is 0 Å². The van der Waals surface area contributed by atoms with E-state index in [0.717, 1.165) is 9.35 Å². The van der Waals surface area contributed by atoms with Gasteiger partial charge in [0.1, 0.15) is 29.2 Å². The van der Waals surface area contributed by atoms with E-state index in [1.54, 1.807) is 0 Å². The maximum atomic E-state index is 12.9. The third-order valence-electron chi connectivity index (χ3n) is 5.08. The molecule has 4 heterocycles. The molecule has 0 bridgehead atoms. The summed E-state index contributed by atoms with van der Waals surface area (Å²) in [6.07, 6.45) is 0. The zero-order valence-corrected chi connectivity index (χ0v) is 20.3. The number of carbonyl (C=O) groups is 3. The fourth-order valence-electron chi connectivity index (χ4n) is 3.56. The summed E-state index contributed by atoms with van der Waals surface area (Å²) in [5.41, 5.74) is 0.401. The molecule has 2 N–H and O–H groups in total. The van der Waals surface area contributed by atoms with Crippen molar-refractivity contribution in [3.8, 4) is 0 Å². The predicted molar refractivity (Wildman–Crippen MR) is 120 cm³/mol. The average Bonchev–Trinajstić information content (AvgIpc) is 3.41. The van der Waals surface area contributed by atoms with Crippen molar-refractivity contribution < 1.29 is 33.8 Å². The minimum atomic E-state index is -1.40. The van der Waals surface area contributed by atoms with Gasteiger partial charge in [0.2, 0.25) is 11.5 Å². The van der Waals surface area contributed by atoms with E-state index < -0.39 is 35.0 Å². The average molecular weight is 516 g/mol. The van der Waals surface area contributed by atoms with Crippen molar-refractivity contribution in [2.75, 3.05) is 31.8 Å². The lowest BCUT2D eigenvalue weighted by Crippen LogP contribution is -2.71. The van der Waals surface area contributed by atoms with E-state index in [4.69, 9.17) is 14.3 Å². The molecule has 178 valence electrons. The molecule has 2 atom stereocenters. The summed E-state index contributed by atoms with van der Waals surface area (Å²) in [5.74, 6) is -3.02. The molecule has 0 saturated carbocycles. The van der Waals surface area contributed by atoms with Crippen LogP contribution in [-0.4, -0.2) is 92.7 Å². The Morgan fingerprint density at radius 2 is 2.12 bits per heavy atom. The number of aromatic nitrogens is 2. The fourth-order valence-corrected chi connectivity index (χ4v) is 6.86. The van der Waals surface area contributed by atoms with Gasteiger partial charge >= 0.3 is 5.97 Å². The maximum absolute atomic E-state index is 12.9. The molecule has 3 aliphatic rings. The van der Waals surface area contributed by atoms with Crippen LogP contribution in [0.4, 0.5) is 0 Å². The van der Waals surface area contributed by atoms with Crippen molar-refractivity contribution in [1.82, 2.24) is 20.4 Å². The number of hydrogen-bond donors (Lipinski definition) is 2. The number of aryl methyl sites for hydroxylation is 1. The highest BCUT2D eigenvalue weighted by molar-refractivity contribution is 8.01. The number of carboxylic acid groups (broad SMARTS) is 1. The molecule has 2 fully saturated rings. The minimum Gasteiger partial charge on any atom is -0.477 e. The van der Waals surface area contributed by atoms with E-state index in [9.17, 15) is 19.5 Å². The number of aliphatic carboxylic acids is 1. The van der Waals surface area contributed by atoms with Gasteiger partial charge in [-0.15, -0.1) is 22.0 Å². The second-order valence-corrected chi connectivity index (χ2v) is 10.8. The normalized spacial score (nSPS) is 24.4. The van der Waals surface area contributed by atoms with Crippen molar-refractivity contribution in [2.24, 2.45) is 5.16 Å². The molecule has 0 spiro atoms. The SMILES string of the molecule is CON=C(C(=O)NC1C(=O)N2C(C(=O)O)=C(CSc3nnc(C)s3)CS[C@H]12)C1(C)OCCO1. The van der Waals surface area contributed by atoms with E-state index in [1.165, 1.54) is 53.8 Å². The highest BCUT2D eigenvalue weighted by Gasteiger charge is 2.55. The first-order chi connectivity index (χ1) is 15.7. The number of nitrogens with zero attached hydrogens (tertiary/aromatic N) is 4. The maximum Gasteiger partial charge on any atom is 0.352 e. The van der Waals surface area contributed by atoms with Crippen molar-refractivity contribution in [2.45, 2.75) is 35.4 Å². The first kappa shape index (κ1) is 23.9. The molecule has 12 nitrogen and oxygen atoms in total. The summed E-state index contributed by atoms with van der Waals surface area (Å²) < 4.78 is 11.7. The monoisotopic (exact) mass is 515 g/mol. The number of hydrogen-bond acceptors (Lipinski definition) is 12. The molecule has 33 heavy (non-hydrogen) atoms. The summed E-state index contributed by atoms with van der Waals surface area (Å²) in [7, 11) is 1.28. The first-order valence-corrected chi connectivity index (χ1v) is 12.6. The molecule has 1 unspecified atom stereocenters. The molecular weight excluding hydrogens is 494 g/mol. The van der Waals surface area contributed by atoms with Crippen LogP contribution in [0.2, 0.25) is 0 Å². The van der Waals surface area contributed by atoms with E-state index in [0.29, 0.717) is 17.1 Å². The van der Waals surface area contributed by atoms with Crippen molar-refractivity contribution in [1.29, 1.82) is 0 Å². The number of oxime groups is 1. The van der Waals surface area contributed by atoms with Gasteiger partial charge in [-0.1, -0.05) is 28.3 Å². The number of carbonyl (C=O) groups excluding carboxylic acids is 2. The number of nitrogens with one attached hydrogen (secondary N) is 1. The number of amides is 2. The molecule has 4 rings (SSSR count). The van der Waals surface area contributed by atoms with Crippen LogP contribution in [-0.2, 0) is 28.7 Å². The summed E-state index contributed by atoms with van der Waals surface area (Å²) in [4.78, 5) is 43.8. The molecule has 2 saturated heterocycles. The third-order valence-corrected chi connectivity index (χ3v) is 8.48. The van der Waals surface area contributed by atoms with Gasteiger partial charge in [-0.05, 0) is 19.4 Å². The van der Waals surface area contributed by atoms with Gasteiger partial charge in [0, 0.05) is 11.5 Å². The lowest BCUT2D eigenvalue weighted by molar-refractivity contribution is -0.150. The first-order valence-electron chi connectivity index (χ1n) is 9.78. The highest BCUT2D eigenvalue weighted by atomic mass is 32.2. The third kappa shape index (κ3) is 4.59. The van der Waals surface area contributed by atoms with Gasteiger partial charge in [-0.25, -0.2) is 4.79 Å². The largest absolute Gasteiger partial charge is 0.477 e. The summed E-state index contributed by atoms with van der Waals surface area (Å²) in [5, 5.41) is 24.4. The molecule has 1 aromatic heterocycles. The molecule has 0 aliphatic carbocycles. The van der Waals surface area contributed by atoms with Gasteiger partial charge in [0.25, 0.3) is 11.8 Å². The minimum absolute atomic E-state index is 0.0526. The molecule has 0 radical (unpaired) electrons. The number of β-lactam (4-membered cyclic amide) rings is 1. The van der Waals surface area contributed by atoms with E-state index in [-0.39, 0.29) is 24.6 Å². The Morgan fingerprint density at radius 3 is 2.73 bits per heavy atom. The fraction of sp³-hybridized carbons (Fsp3) is 0.556. The van der Waals surface area contributed by atoms with Crippen LogP contribution in [0.1, 0.15) is 11.9 Å². The number of rotatable bonds is 8. The number of carboxylic acids is 1. The summed E-state index contributed by atoms with van der Waals surface area (Å²) >= 11 is 4.18.